The number of nitro groups is 1. The quantitative estimate of drug-likeness (QED) is 0.491. The Morgan fingerprint density at radius 3 is 2.32 bits per heavy atom. The molecule has 0 N–H and O–H groups in total. The van der Waals surface area contributed by atoms with Gasteiger partial charge in [0, 0.05) is 27.7 Å². The number of nitrogens with zero attached hydrogens (tertiary/aromatic N) is 1. The second kappa shape index (κ2) is 5.27. The van der Waals surface area contributed by atoms with E-state index in [9.17, 15) is 19.3 Å². The molecule has 0 aromatic heterocycles. The van der Waals surface area contributed by atoms with Crippen LogP contribution in [0.3, 0.4) is 0 Å². The maximum absolute atomic E-state index is 12.8. The van der Waals surface area contributed by atoms with Crippen LogP contribution in [0, 0.1) is 15.9 Å². The van der Waals surface area contributed by atoms with Crippen LogP contribution in [0.15, 0.2) is 46.9 Å². The maximum atomic E-state index is 12.8. The van der Waals surface area contributed by atoms with E-state index in [1.165, 1.54) is 42.5 Å². The first-order valence-corrected chi connectivity index (χ1v) is 6.02. The number of hydrogen-bond donors (Lipinski definition) is 0. The molecule has 19 heavy (non-hydrogen) atoms. The second-order valence-electron chi connectivity index (χ2n) is 3.79. The van der Waals surface area contributed by atoms with E-state index in [-0.39, 0.29) is 16.8 Å². The van der Waals surface area contributed by atoms with Crippen molar-refractivity contribution in [3.8, 4) is 0 Å². The molecule has 2 aromatic rings. The van der Waals surface area contributed by atoms with E-state index < -0.39 is 16.5 Å². The first-order chi connectivity index (χ1) is 8.97. The standard InChI is InChI=1S/C13H7BrFNO3/c14-10-5-9(6-12(7-10)16(18)19)13(17)8-1-3-11(15)4-2-8/h1-7H. The summed E-state index contributed by atoms with van der Waals surface area (Å²) in [6.07, 6.45) is 0. The third-order valence-electron chi connectivity index (χ3n) is 2.46. The minimum absolute atomic E-state index is 0.174. The van der Waals surface area contributed by atoms with Crippen LogP contribution in [0.5, 0.6) is 0 Å². The average Bonchev–Trinajstić information content (AvgIpc) is 2.38. The van der Waals surface area contributed by atoms with Gasteiger partial charge >= 0.3 is 0 Å². The average molecular weight is 324 g/mol. The summed E-state index contributed by atoms with van der Waals surface area (Å²) < 4.78 is 13.2. The van der Waals surface area contributed by atoms with Gasteiger partial charge in [0.05, 0.1) is 4.92 Å². The molecule has 0 bridgehead atoms. The molecule has 0 heterocycles. The van der Waals surface area contributed by atoms with Gasteiger partial charge in [0.15, 0.2) is 5.78 Å². The first-order valence-electron chi connectivity index (χ1n) is 5.22. The molecular weight excluding hydrogens is 317 g/mol. The number of carbonyl (C=O) groups excluding carboxylic acids is 1. The Morgan fingerprint density at radius 1 is 1.11 bits per heavy atom. The fraction of sp³-hybridized carbons (Fsp3) is 0. The van der Waals surface area contributed by atoms with Gasteiger partial charge in [-0.3, -0.25) is 14.9 Å². The molecule has 2 rings (SSSR count). The van der Waals surface area contributed by atoms with Crippen molar-refractivity contribution >= 4 is 27.4 Å². The number of carbonyl (C=O) groups is 1. The zero-order chi connectivity index (χ0) is 14.0. The van der Waals surface area contributed by atoms with Gasteiger partial charge in [0.25, 0.3) is 5.69 Å². The lowest BCUT2D eigenvalue weighted by atomic mass is 10.0. The van der Waals surface area contributed by atoms with Crippen molar-refractivity contribution in [3.05, 3.63) is 74.0 Å². The third kappa shape index (κ3) is 3.03. The molecule has 0 aliphatic rings. The van der Waals surface area contributed by atoms with E-state index in [0.29, 0.717) is 4.47 Å². The van der Waals surface area contributed by atoms with E-state index >= 15 is 0 Å². The maximum Gasteiger partial charge on any atom is 0.271 e. The Balaban J connectivity index is 2.44. The topological polar surface area (TPSA) is 60.2 Å². The molecule has 6 heteroatoms. The Morgan fingerprint density at radius 2 is 1.74 bits per heavy atom. The van der Waals surface area contributed by atoms with Crippen molar-refractivity contribution in [2.75, 3.05) is 0 Å². The number of halogens is 2. The van der Waals surface area contributed by atoms with Gasteiger partial charge in [-0.15, -0.1) is 0 Å². The summed E-state index contributed by atoms with van der Waals surface area (Å²) in [5.74, 6) is -0.846. The van der Waals surface area contributed by atoms with Crippen molar-refractivity contribution < 1.29 is 14.1 Å². The van der Waals surface area contributed by atoms with Crippen LogP contribution >= 0.6 is 15.9 Å². The Labute approximate surface area is 116 Å². The van der Waals surface area contributed by atoms with Crippen LogP contribution in [0.4, 0.5) is 10.1 Å². The Hall–Kier alpha value is -2.08. The molecule has 4 nitrogen and oxygen atoms in total. The molecule has 0 fully saturated rings. The van der Waals surface area contributed by atoms with Gasteiger partial charge in [-0.25, -0.2) is 4.39 Å². The van der Waals surface area contributed by atoms with E-state index in [2.05, 4.69) is 15.9 Å². The molecule has 0 spiro atoms. The molecule has 0 aliphatic carbocycles. The van der Waals surface area contributed by atoms with Crippen molar-refractivity contribution in [2.24, 2.45) is 0 Å². The largest absolute Gasteiger partial charge is 0.289 e. The predicted molar refractivity (Wildman–Crippen MR) is 70.6 cm³/mol. The van der Waals surface area contributed by atoms with Gasteiger partial charge in [0.2, 0.25) is 0 Å². The van der Waals surface area contributed by atoms with Gasteiger partial charge < -0.3 is 0 Å². The highest BCUT2D eigenvalue weighted by Gasteiger charge is 2.15. The number of ketones is 1. The van der Waals surface area contributed by atoms with E-state index in [4.69, 9.17) is 0 Å². The van der Waals surface area contributed by atoms with Crippen LogP contribution in [-0.2, 0) is 0 Å². The lowest BCUT2D eigenvalue weighted by molar-refractivity contribution is -0.384. The Bertz CT molecular complexity index is 655. The molecule has 0 radical (unpaired) electrons. The zero-order valence-corrected chi connectivity index (χ0v) is 11.1. The summed E-state index contributed by atoms with van der Waals surface area (Å²) in [5, 5.41) is 10.7. The fourth-order valence-electron chi connectivity index (χ4n) is 1.58. The van der Waals surface area contributed by atoms with Gasteiger partial charge in [-0.1, -0.05) is 15.9 Å². The summed E-state index contributed by atoms with van der Waals surface area (Å²) >= 11 is 3.12. The van der Waals surface area contributed by atoms with Crippen molar-refractivity contribution in [1.82, 2.24) is 0 Å². The van der Waals surface area contributed by atoms with Crippen molar-refractivity contribution in [3.63, 3.8) is 0 Å². The fourth-order valence-corrected chi connectivity index (χ4v) is 2.06. The molecule has 0 atom stereocenters. The van der Waals surface area contributed by atoms with Crippen LogP contribution < -0.4 is 0 Å². The van der Waals surface area contributed by atoms with Gasteiger partial charge in [0.1, 0.15) is 5.82 Å². The highest BCUT2D eigenvalue weighted by Crippen LogP contribution is 2.23. The van der Waals surface area contributed by atoms with Crippen LogP contribution in [0.25, 0.3) is 0 Å². The molecule has 0 saturated heterocycles. The predicted octanol–water partition coefficient (Wildman–Crippen LogP) is 3.73. The summed E-state index contributed by atoms with van der Waals surface area (Å²) in [6, 6.07) is 8.99. The number of benzene rings is 2. The first kappa shape index (κ1) is 13.4. The molecule has 0 saturated carbocycles. The van der Waals surface area contributed by atoms with Gasteiger partial charge in [-0.2, -0.15) is 0 Å². The number of hydrogen-bond acceptors (Lipinski definition) is 3. The van der Waals surface area contributed by atoms with E-state index in [0.717, 1.165) is 0 Å². The molecule has 0 unspecified atom stereocenters. The zero-order valence-electron chi connectivity index (χ0n) is 9.47. The SMILES string of the molecule is O=C(c1ccc(F)cc1)c1cc(Br)cc([N+](=O)[O-])c1. The molecule has 2 aromatic carbocycles. The summed E-state index contributed by atoms with van der Waals surface area (Å²) in [7, 11) is 0. The van der Waals surface area contributed by atoms with Gasteiger partial charge in [-0.05, 0) is 30.3 Å². The van der Waals surface area contributed by atoms with Crippen molar-refractivity contribution in [2.45, 2.75) is 0 Å². The highest BCUT2D eigenvalue weighted by atomic mass is 79.9. The number of nitro benzene ring substituents is 1. The molecule has 96 valence electrons. The highest BCUT2D eigenvalue weighted by molar-refractivity contribution is 9.10. The molecule has 0 aliphatic heterocycles. The minimum Gasteiger partial charge on any atom is -0.289 e. The summed E-state index contributed by atoms with van der Waals surface area (Å²) in [6.45, 7) is 0. The lowest BCUT2D eigenvalue weighted by Gasteiger charge is -2.02. The lowest BCUT2D eigenvalue weighted by Crippen LogP contribution is -2.02. The Kier molecular flexibility index (Phi) is 3.71. The summed E-state index contributed by atoms with van der Waals surface area (Å²) in [4.78, 5) is 22.3. The van der Waals surface area contributed by atoms with Crippen molar-refractivity contribution in [1.29, 1.82) is 0 Å². The molecule has 0 amide bonds. The summed E-state index contributed by atoms with van der Waals surface area (Å²) in [5.41, 5.74) is 0.265. The smallest absolute Gasteiger partial charge is 0.271 e. The molecular formula is C13H7BrFNO3. The van der Waals surface area contributed by atoms with E-state index in [1.807, 2.05) is 0 Å². The second-order valence-corrected chi connectivity index (χ2v) is 4.71. The minimum atomic E-state index is -0.577. The van der Waals surface area contributed by atoms with Crippen LogP contribution in [-0.4, -0.2) is 10.7 Å². The number of non-ortho nitro benzene ring substituents is 1. The normalized spacial score (nSPS) is 10.2. The number of rotatable bonds is 3. The monoisotopic (exact) mass is 323 g/mol. The van der Waals surface area contributed by atoms with E-state index in [1.54, 1.807) is 0 Å². The van der Waals surface area contributed by atoms with Crippen LogP contribution in [0.2, 0.25) is 0 Å². The van der Waals surface area contributed by atoms with Crippen LogP contribution in [0.1, 0.15) is 15.9 Å². The third-order valence-corrected chi connectivity index (χ3v) is 2.92.